The molecule has 0 atom stereocenters. The lowest BCUT2D eigenvalue weighted by molar-refractivity contribution is 0.902. The molecule has 0 bridgehead atoms. The number of allylic oxidation sites excluding steroid dienone is 1. The Bertz CT molecular complexity index is 3440. The lowest BCUT2D eigenvalue weighted by atomic mass is 9.90. The summed E-state index contributed by atoms with van der Waals surface area (Å²) in [5, 5.41) is 3.65. The molecule has 5 heteroatoms. The SMILES string of the molecule is C1=Cc2c(c3cc4c5ccccc5n(-c5ccccc5-c5ccc(-c6ccccc6)cc5-c5ccccc5)c4cc3n2-c2nc(-c3ccccc3)nc(-c3ccccc3)n2)CC1. The zero-order valence-corrected chi connectivity index (χ0v) is 33.9. The molecular formula is C57H39N5. The molecule has 0 unspecified atom stereocenters. The summed E-state index contributed by atoms with van der Waals surface area (Å²) in [7, 11) is 0. The standard InChI is InChI=1S/C57H39N5/c1-5-19-38(20-6-1)42-33-34-43(47(35-42)39-21-7-2-8-22-39)44-27-13-16-30-50(44)61-51-31-17-14-28-45(51)48-36-49-46-29-15-18-32-52(46)62(54(49)37-53(48)61)57-59-55(40-23-9-3-10-24-40)58-56(60-57)41-25-11-4-12-26-41/h1-14,16-28,30-37H,15,29H2. The van der Waals surface area contributed by atoms with Gasteiger partial charge < -0.3 is 4.57 Å². The molecule has 0 fully saturated rings. The van der Waals surface area contributed by atoms with E-state index in [1.807, 2.05) is 36.4 Å². The summed E-state index contributed by atoms with van der Waals surface area (Å²) in [6, 6.07) is 71.2. The quantitative estimate of drug-likeness (QED) is 0.161. The molecule has 3 heterocycles. The van der Waals surface area contributed by atoms with E-state index in [0.29, 0.717) is 17.6 Å². The van der Waals surface area contributed by atoms with Gasteiger partial charge in [0, 0.05) is 32.8 Å². The van der Waals surface area contributed by atoms with Gasteiger partial charge in [-0.1, -0.05) is 176 Å². The highest BCUT2D eigenvalue weighted by Crippen LogP contribution is 2.44. The van der Waals surface area contributed by atoms with Crippen molar-refractivity contribution in [3.8, 4) is 67.8 Å². The Morgan fingerprint density at radius 1 is 0.371 bits per heavy atom. The molecule has 0 saturated carbocycles. The Balaban J connectivity index is 1.13. The molecule has 0 aliphatic heterocycles. The van der Waals surface area contributed by atoms with Crippen molar-refractivity contribution in [2.24, 2.45) is 0 Å². The maximum absolute atomic E-state index is 5.25. The highest BCUT2D eigenvalue weighted by Gasteiger charge is 2.25. The minimum atomic E-state index is 0.601. The lowest BCUT2D eigenvalue weighted by Gasteiger charge is -2.18. The Hall–Kier alpha value is -8.15. The lowest BCUT2D eigenvalue weighted by Crippen LogP contribution is -2.08. The molecule has 62 heavy (non-hydrogen) atoms. The molecule has 0 saturated heterocycles. The number of aromatic nitrogens is 5. The van der Waals surface area contributed by atoms with Gasteiger partial charge in [-0.05, 0) is 82.6 Å². The average Bonchev–Trinajstić information content (AvgIpc) is 3.86. The van der Waals surface area contributed by atoms with Crippen molar-refractivity contribution >= 4 is 38.8 Å². The summed E-state index contributed by atoms with van der Waals surface area (Å²) in [6.45, 7) is 0. The largest absolute Gasteiger partial charge is 0.309 e. The molecule has 0 N–H and O–H groups in total. The fraction of sp³-hybridized carbons (Fsp3) is 0.0351. The molecule has 0 radical (unpaired) electrons. The topological polar surface area (TPSA) is 48.5 Å². The number of para-hydroxylation sites is 2. The Morgan fingerprint density at radius 2 is 0.968 bits per heavy atom. The third-order valence-electron chi connectivity index (χ3n) is 12.3. The molecule has 0 spiro atoms. The van der Waals surface area contributed by atoms with Crippen LogP contribution in [0.2, 0.25) is 0 Å². The molecule has 8 aromatic carbocycles. The summed E-state index contributed by atoms with van der Waals surface area (Å²) < 4.78 is 4.73. The number of hydrogen-bond acceptors (Lipinski definition) is 3. The van der Waals surface area contributed by atoms with Gasteiger partial charge in [0.05, 0.1) is 27.9 Å². The van der Waals surface area contributed by atoms with Crippen LogP contribution in [0.4, 0.5) is 0 Å². The Morgan fingerprint density at radius 3 is 1.68 bits per heavy atom. The highest BCUT2D eigenvalue weighted by molar-refractivity contribution is 6.15. The predicted molar refractivity (Wildman–Crippen MR) is 256 cm³/mol. The number of fused-ring (bicyclic) bond motifs is 6. The van der Waals surface area contributed by atoms with Crippen LogP contribution in [0.3, 0.4) is 0 Å². The number of nitrogens with zero attached hydrogens (tertiary/aromatic N) is 5. The minimum absolute atomic E-state index is 0.601. The molecule has 11 aromatic rings. The second-order valence-corrected chi connectivity index (χ2v) is 15.9. The van der Waals surface area contributed by atoms with E-state index in [2.05, 4.69) is 185 Å². The first-order chi connectivity index (χ1) is 30.8. The first kappa shape index (κ1) is 35.8. The van der Waals surface area contributed by atoms with Crippen molar-refractivity contribution in [1.29, 1.82) is 0 Å². The summed E-state index contributed by atoms with van der Waals surface area (Å²) in [5.74, 6) is 1.88. The van der Waals surface area contributed by atoms with Crippen molar-refractivity contribution in [2.45, 2.75) is 12.8 Å². The van der Waals surface area contributed by atoms with E-state index in [1.165, 1.54) is 49.5 Å². The average molecular weight is 794 g/mol. The molecule has 3 aromatic heterocycles. The number of aryl methyl sites for hydroxylation is 1. The van der Waals surface area contributed by atoms with Crippen LogP contribution in [0.15, 0.2) is 206 Å². The summed E-state index contributed by atoms with van der Waals surface area (Å²) in [5.41, 5.74) is 15.9. The van der Waals surface area contributed by atoms with Gasteiger partial charge in [-0.3, -0.25) is 4.57 Å². The van der Waals surface area contributed by atoms with Crippen LogP contribution >= 0.6 is 0 Å². The van der Waals surface area contributed by atoms with Crippen molar-refractivity contribution < 1.29 is 0 Å². The molecule has 12 rings (SSSR count). The molecule has 292 valence electrons. The van der Waals surface area contributed by atoms with Gasteiger partial charge in [-0.15, -0.1) is 0 Å². The summed E-state index contributed by atoms with van der Waals surface area (Å²) in [6.07, 6.45) is 6.44. The van der Waals surface area contributed by atoms with Gasteiger partial charge in [0.1, 0.15) is 0 Å². The fourth-order valence-corrected chi connectivity index (χ4v) is 9.41. The molecule has 0 amide bonds. The minimum Gasteiger partial charge on any atom is -0.309 e. The van der Waals surface area contributed by atoms with Crippen molar-refractivity contribution in [3.63, 3.8) is 0 Å². The van der Waals surface area contributed by atoms with E-state index < -0.39 is 0 Å². The van der Waals surface area contributed by atoms with Gasteiger partial charge in [-0.25, -0.2) is 4.98 Å². The molecule has 1 aliphatic carbocycles. The van der Waals surface area contributed by atoms with Gasteiger partial charge in [-0.2, -0.15) is 9.97 Å². The number of rotatable bonds is 7. The third-order valence-corrected chi connectivity index (χ3v) is 12.3. The first-order valence-electron chi connectivity index (χ1n) is 21.3. The van der Waals surface area contributed by atoms with Crippen LogP contribution in [0.25, 0.3) is 107 Å². The van der Waals surface area contributed by atoms with E-state index in [1.54, 1.807) is 0 Å². The molecule has 5 nitrogen and oxygen atoms in total. The van der Waals surface area contributed by atoms with Crippen molar-refractivity contribution in [2.75, 3.05) is 0 Å². The van der Waals surface area contributed by atoms with Gasteiger partial charge in [0.15, 0.2) is 11.6 Å². The van der Waals surface area contributed by atoms with Gasteiger partial charge in [0.25, 0.3) is 0 Å². The second kappa shape index (κ2) is 14.8. The first-order valence-corrected chi connectivity index (χ1v) is 21.3. The zero-order valence-electron chi connectivity index (χ0n) is 33.9. The van der Waals surface area contributed by atoms with E-state index in [4.69, 9.17) is 15.0 Å². The van der Waals surface area contributed by atoms with E-state index >= 15 is 0 Å². The predicted octanol–water partition coefficient (Wildman–Crippen LogP) is 14.2. The normalized spacial score (nSPS) is 12.3. The maximum atomic E-state index is 5.25. The second-order valence-electron chi connectivity index (χ2n) is 15.9. The summed E-state index contributed by atoms with van der Waals surface area (Å²) >= 11 is 0. The van der Waals surface area contributed by atoms with Crippen molar-refractivity contribution in [1.82, 2.24) is 24.1 Å². The maximum Gasteiger partial charge on any atom is 0.238 e. The van der Waals surface area contributed by atoms with Crippen LogP contribution in [-0.2, 0) is 6.42 Å². The van der Waals surface area contributed by atoms with Crippen LogP contribution < -0.4 is 0 Å². The van der Waals surface area contributed by atoms with Crippen LogP contribution in [-0.4, -0.2) is 24.1 Å². The van der Waals surface area contributed by atoms with E-state index in [9.17, 15) is 0 Å². The zero-order chi connectivity index (χ0) is 41.0. The highest BCUT2D eigenvalue weighted by atomic mass is 15.2. The van der Waals surface area contributed by atoms with Crippen LogP contribution in [0, 0.1) is 0 Å². The third kappa shape index (κ3) is 5.97. The van der Waals surface area contributed by atoms with Gasteiger partial charge in [0.2, 0.25) is 5.95 Å². The van der Waals surface area contributed by atoms with Crippen LogP contribution in [0.5, 0.6) is 0 Å². The Labute approximate surface area is 359 Å². The van der Waals surface area contributed by atoms with Crippen molar-refractivity contribution in [3.05, 3.63) is 218 Å². The van der Waals surface area contributed by atoms with Gasteiger partial charge >= 0.3 is 0 Å². The smallest absolute Gasteiger partial charge is 0.238 e. The van der Waals surface area contributed by atoms with E-state index in [0.717, 1.165) is 57.5 Å². The Kier molecular flexibility index (Phi) is 8.56. The van der Waals surface area contributed by atoms with Crippen LogP contribution in [0.1, 0.15) is 17.7 Å². The molecular weight excluding hydrogens is 755 g/mol. The van der Waals surface area contributed by atoms with E-state index in [-0.39, 0.29) is 0 Å². The summed E-state index contributed by atoms with van der Waals surface area (Å²) in [4.78, 5) is 15.5. The number of benzene rings is 8. The monoisotopic (exact) mass is 793 g/mol. The fourth-order valence-electron chi connectivity index (χ4n) is 9.41. The molecule has 1 aliphatic rings. The number of hydrogen-bond donors (Lipinski definition) is 0.